The summed E-state index contributed by atoms with van der Waals surface area (Å²) in [5.41, 5.74) is 9.50. The third-order valence-electron chi connectivity index (χ3n) is 7.62. The van der Waals surface area contributed by atoms with Crippen molar-refractivity contribution in [3.63, 3.8) is 0 Å². The number of piperazine rings is 1. The van der Waals surface area contributed by atoms with E-state index in [1.165, 1.54) is 33.6 Å². The second-order valence-electron chi connectivity index (χ2n) is 9.65. The topological polar surface area (TPSA) is 28.5 Å². The Morgan fingerprint density at radius 2 is 1.57 bits per heavy atom. The van der Waals surface area contributed by atoms with Crippen LogP contribution in [0, 0.1) is 27.7 Å². The van der Waals surface area contributed by atoms with Crippen molar-refractivity contribution in [3.05, 3.63) is 99.2 Å². The molecule has 1 saturated heterocycles. The molecule has 0 unspecified atom stereocenters. The second kappa shape index (κ2) is 9.43. The van der Waals surface area contributed by atoms with Gasteiger partial charge in [0.2, 0.25) is 0 Å². The van der Waals surface area contributed by atoms with Crippen LogP contribution in [0.5, 0.6) is 0 Å². The highest BCUT2D eigenvalue weighted by Crippen LogP contribution is 2.29. The van der Waals surface area contributed by atoms with Gasteiger partial charge in [-0.2, -0.15) is 0 Å². The smallest absolute Gasteiger partial charge is 0.253 e. The van der Waals surface area contributed by atoms with Crippen molar-refractivity contribution in [2.45, 2.75) is 34.2 Å². The van der Waals surface area contributed by atoms with Gasteiger partial charge in [-0.15, -0.1) is 0 Å². The average Bonchev–Trinajstić information content (AvgIpc) is 3.11. The lowest BCUT2D eigenvalue weighted by Crippen LogP contribution is -2.49. The molecule has 1 fully saturated rings. The molecule has 0 radical (unpaired) electrons. The van der Waals surface area contributed by atoms with E-state index in [1.54, 1.807) is 0 Å². The van der Waals surface area contributed by atoms with Gasteiger partial charge >= 0.3 is 0 Å². The van der Waals surface area contributed by atoms with Gasteiger partial charge in [0.05, 0.1) is 0 Å². The minimum absolute atomic E-state index is 0.120. The van der Waals surface area contributed by atoms with Gasteiger partial charge in [-0.1, -0.05) is 35.9 Å². The molecule has 1 aliphatic rings. The fourth-order valence-electron chi connectivity index (χ4n) is 5.17. The Morgan fingerprint density at radius 3 is 2.29 bits per heavy atom. The summed E-state index contributed by atoms with van der Waals surface area (Å²) in [6, 6.07) is 20.6. The normalized spacial score (nSPS) is 14.1. The number of fused-ring (bicyclic) bond motifs is 1. The Hall–Kier alpha value is -3.24. The predicted molar refractivity (Wildman–Crippen MR) is 146 cm³/mol. The van der Waals surface area contributed by atoms with Crippen LogP contribution in [0.1, 0.15) is 38.3 Å². The van der Waals surface area contributed by atoms with E-state index in [2.05, 4.69) is 79.6 Å². The Morgan fingerprint density at radius 1 is 0.857 bits per heavy atom. The zero-order chi connectivity index (χ0) is 24.7. The maximum atomic E-state index is 13.4. The molecule has 0 spiro atoms. The lowest BCUT2D eigenvalue weighted by atomic mass is 10.1. The number of carbonyl (C=O) groups excluding carboxylic acids is 1. The largest absolute Gasteiger partial charge is 0.368 e. The van der Waals surface area contributed by atoms with Gasteiger partial charge in [0.25, 0.3) is 5.91 Å². The highest BCUT2D eigenvalue weighted by atomic mass is 35.5. The quantitative estimate of drug-likeness (QED) is 0.328. The highest BCUT2D eigenvalue weighted by molar-refractivity contribution is 6.30. The predicted octanol–water partition coefficient (Wildman–Crippen LogP) is 6.54. The number of anilines is 1. The molecule has 2 heterocycles. The number of hydrogen-bond acceptors (Lipinski definition) is 2. The number of aryl methyl sites for hydroxylation is 2. The summed E-state index contributed by atoms with van der Waals surface area (Å²) < 4.78 is 2.32. The Balaban J connectivity index is 1.35. The molecular formula is C30H32ClN3O. The number of hydrogen-bond donors (Lipinski definition) is 0. The van der Waals surface area contributed by atoms with E-state index in [-0.39, 0.29) is 5.91 Å². The number of rotatable bonds is 4. The molecular weight excluding hydrogens is 454 g/mol. The van der Waals surface area contributed by atoms with Crippen LogP contribution < -0.4 is 4.90 Å². The lowest BCUT2D eigenvalue weighted by Gasteiger charge is -2.37. The highest BCUT2D eigenvalue weighted by Gasteiger charge is 2.24. The molecule has 35 heavy (non-hydrogen) atoms. The van der Waals surface area contributed by atoms with E-state index in [0.717, 1.165) is 54.2 Å². The van der Waals surface area contributed by atoms with E-state index in [0.29, 0.717) is 0 Å². The number of benzene rings is 3. The van der Waals surface area contributed by atoms with Crippen molar-refractivity contribution in [3.8, 4) is 0 Å². The first-order chi connectivity index (χ1) is 16.8. The Labute approximate surface area is 212 Å². The number of carbonyl (C=O) groups is 1. The first-order valence-electron chi connectivity index (χ1n) is 12.3. The monoisotopic (exact) mass is 485 g/mol. The van der Waals surface area contributed by atoms with E-state index in [4.69, 9.17) is 11.6 Å². The first-order valence-corrected chi connectivity index (χ1v) is 12.7. The number of amides is 1. The molecule has 0 aliphatic carbocycles. The fourth-order valence-corrected chi connectivity index (χ4v) is 5.30. The summed E-state index contributed by atoms with van der Waals surface area (Å²) >= 11 is 6.06. The number of aromatic nitrogens is 1. The average molecular weight is 486 g/mol. The minimum Gasteiger partial charge on any atom is -0.368 e. The van der Waals surface area contributed by atoms with E-state index in [1.807, 2.05) is 23.1 Å². The molecule has 0 bridgehead atoms. The second-order valence-corrected chi connectivity index (χ2v) is 10.1. The van der Waals surface area contributed by atoms with Crippen molar-refractivity contribution in [2.24, 2.45) is 0 Å². The first kappa shape index (κ1) is 23.5. The molecule has 3 aromatic carbocycles. The molecule has 4 aromatic rings. The summed E-state index contributed by atoms with van der Waals surface area (Å²) in [6.45, 7) is 12.6. The molecule has 5 rings (SSSR count). The summed E-state index contributed by atoms with van der Waals surface area (Å²) in [5, 5.41) is 1.90. The van der Waals surface area contributed by atoms with Crippen LogP contribution in [-0.2, 0) is 6.54 Å². The Kier molecular flexibility index (Phi) is 6.33. The Bertz CT molecular complexity index is 1400. The van der Waals surface area contributed by atoms with Crippen molar-refractivity contribution >= 4 is 34.1 Å². The van der Waals surface area contributed by atoms with Gasteiger partial charge in [0, 0.05) is 65.6 Å². The molecule has 5 heteroatoms. The van der Waals surface area contributed by atoms with Crippen LogP contribution >= 0.6 is 11.6 Å². The summed E-state index contributed by atoms with van der Waals surface area (Å²) in [6.07, 6.45) is 0. The molecule has 0 atom stereocenters. The van der Waals surface area contributed by atoms with Gasteiger partial charge in [-0.3, -0.25) is 4.79 Å². The number of halogens is 1. The van der Waals surface area contributed by atoms with E-state index >= 15 is 0 Å². The van der Waals surface area contributed by atoms with Gasteiger partial charge in [0.1, 0.15) is 0 Å². The third-order valence-corrected chi connectivity index (χ3v) is 7.88. The molecule has 180 valence electrons. The number of nitrogens with zero attached hydrogens (tertiary/aromatic N) is 3. The lowest BCUT2D eigenvalue weighted by molar-refractivity contribution is 0.0747. The summed E-state index contributed by atoms with van der Waals surface area (Å²) in [7, 11) is 0. The maximum absolute atomic E-state index is 13.4. The maximum Gasteiger partial charge on any atom is 0.253 e. The van der Waals surface area contributed by atoms with E-state index in [9.17, 15) is 4.79 Å². The van der Waals surface area contributed by atoms with Crippen LogP contribution in [0.2, 0.25) is 5.02 Å². The molecule has 1 aromatic heterocycles. The van der Waals surface area contributed by atoms with E-state index < -0.39 is 0 Å². The summed E-state index contributed by atoms with van der Waals surface area (Å²) in [5.74, 6) is 0.120. The molecule has 4 nitrogen and oxygen atoms in total. The summed E-state index contributed by atoms with van der Waals surface area (Å²) in [4.78, 5) is 17.8. The van der Waals surface area contributed by atoms with Crippen LogP contribution in [0.4, 0.5) is 5.69 Å². The zero-order valence-corrected chi connectivity index (χ0v) is 21.7. The zero-order valence-electron chi connectivity index (χ0n) is 20.9. The van der Waals surface area contributed by atoms with Gasteiger partial charge < -0.3 is 14.4 Å². The van der Waals surface area contributed by atoms with Crippen molar-refractivity contribution in [1.82, 2.24) is 9.47 Å². The van der Waals surface area contributed by atoms with Crippen LogP contribution in [0.15, 0.2) is 60.7 Å². The van der Waals surface area contributed by atoms with Crippen molar-refractivity contribution < 1.29 is 4.79 Å². The SMILES string of the molecule is Cc1cccc(N2CCN(C(=O)c3ccc4c(c3)c(C)c(C)n4Cc3ccc(Cl)cc3)CC2)c1C. The van der Waals surface area contributed by atoms with Crippen molar-refractivity contribution in [1.29, 1.82) is 0 Å². The van der Waals surface area contributed by atoms with Gasteiger partial charge in [-0.05, 0) is 86.3 Å². The van der Waals surface area contributed by atoms with Gasteiger partial charge in [0.15, 0.2) is 0 Å². The fraction of sp³-hybridized carbons (Fsp3) is 0.300. The van der Waals surface area contributed by atoms with Crippen LogP contribution in [0.3, 0.4) is 0 Å². The van der Waals surface area contributed by atoms with Crippen LogP contribution in [0.25, 0.3) is 10.9 Å². The minimum atomic E-state index is 0.120. The molecule has 1 aliphatic heterocycles. The standard InChI is InChI=1S/C30H32ClN3O/c1-20-6-5-7-28(21(20)2)32-14-16-33(17-15-32)30(35)25-10-13-29-27(18-25)22(3)23(4)34(29)19-24-8-11-26(31)12-9-24/h5-13,18H,14-17,19H2,1-4H3. The van der Waals surface area contributed by atoms with Crippen LogP contribution in [-0.4, -0.2) is 41.6 Å². The van der Waals surface area contributed by atoms with Gasteiger partial charge in [-0.25, -0.2) is 0 Å². The molecule has 0 N–H and O–H groups in total. The molecule has 1 amide bonds. The van der Waals surface area contributed by atoms with Crippen molar-refractivity contribution in [2.75, 3.05) is 31.1 Å². The third kappa shape index (κ3) is 4.43. The molecule has 0 saturated carbocycles.